The molecule has 0 aromatic carbocycles. The summed E-state index contributed by atoms with van der Waals surface area (Å²) in [5.74, 6) is 0.626. The number of aliphatic hydroxyl groups is 1. The van der Waals surface area contributed by atoms with Gasteiger partial charge in [0.05, 0.1) is 23.3 Å². The van der Waals surface area contributed by atoms with Crippen molar-refractivity contribution in [2.45, 2.75) is 64.2 Å². The van der Waals surface area contributed by atoms with Crippen molar-refractivity contribution in [1.82, 2.24) is 10.2 Å². The maximum atomic E-state index is 9.99. The lowest BCUT2D eigenvalue weighted by Gasteiger charge is -2.50. The van der Waals surface area contributed by atoms with E-state index >= 15 is 0 Å². The van der Waals surface area contributed by atoms with Crippen molar-refractivity contribution in [2.24, 2.45) is 5.92 Å². The fourth-order valence-electron chi connectivity index (χ4n) is 4.01. The second-order valence-electron chi connectivity index (χ2n) is 7.89. The fourth-order valence-corrected chi connectivity index (χ4v) is 4.01. The summed E-state index contributed by atoms with van der Waals surface area (Å²) in [5.41, 5.74) is -0.379. The van der Waals surface area contributed by atoms with E-state index in [0.717, 1.165) is 26.2 Å². The standard InChI is InChI=1S/C16H32N2O2/c1-6-17-16(12-19,13-7-8-13)11-18-9-14(2,3)20-15(4,5)10-18/h13,17,19H,6-12H2,1-5H3. The number of likely N-dealkylation sites (N-methyl/N-ethyl adjacent to an activating group) is 1. The third kappa shape index (κ3) is 3.73. The molecule has 1 aliphatic heterocycles. The summed E-state index contributed by atoms with van der Waals surface area (Å²) < 4.78 is 6.15. The number of hydrogen-bond donors (Lipinski definition) is 2. The predicted octanol–water partition coefficient (Wildman–Crippen LogP) is 1.63. The maximum absolute atomic E-state index is 9.99. The van der Waals surface area contributed by atoms with Gasteiger partial charge in [0.1, 0.15) is 0 Å². The zero-order chi connectivity index (χ0) is 15.0. The van der Waals surface area contributed by atoms with Gasteiger partial charge in [-0.3, -0.25) is 4.90 Å². The van der Waals surface area contributed by atoms with Crippen LogP contribution in [0.3, 0.4) is 0 Å². The maximum Gasteiger partial charge on any atom is 0.0760 e. The molecule has 0 bridgehead atoms. The van der Waals surface area contributed by atoms with Crippen molar-refractivity contribution in [3.8, 4) is 0 Å². The Balaban J connectivity index is 2.09. The molecule has 2 rings (SSSR count). The summed E-state index contributed by atoms with van der Waals surface area (Å²) in [6.45, 7) is 14.7. The molecular weight excluding hydrogens is 252 g/mol. The first-order valence-electron chi connectivity index (χ1n) is 8.00. The van der Waals surface area contributed by atoms with Crippen LogP contribution in [-0.2, 0) is 4.74 Å². The van der Waals surface area contributed by atoms with Crippen LogP contribution in [0.25, 0.3) is 0 Å². The molecule has 2 fully saturated rings. The molecule has 118 valence electrons. The molecule has 0 radical (unpaired) electrons. The Hall–Kier alpha value is -0.160. The lowest BCUT2D eigenvalue weighted by Crippen LogP contribution is -2.64. The lowest BCUT2D eigenvalue weighted by molar-refractivity contribution is -0.184. The molecule has 0 spiro atoms. The van der Waals surface area contributed by atoms with Crippen LogP contribution in [0.15, 0.2) is 0 Å². The third-order valence-corrected chi connectivity index (χ3v) is 4.44. The molecule has 20 heavy (non-hydrogen) atoms. The Labute approximate surface area is 123 Å². The third-order valence-electron chi connectivity index (χ3n) is 4.44. The first-order valence-corrected chi connectivity index (χ1v) is 8.00. The SMILES string of the molecule is CCNC(CO)(CN1CC(C)(C)OC(C)(C)C1)C1CC1. The molecule has 1 unspecified atom stereocenters. The van der Waals surface area contributed by atoms with Gasteiger partial charge in [-0.1, -0.05) is 6.92 Å². The van der Waals surface area contributed by atoms with Crippen molar-refractivity contribution < 1.29 is 9.84 Å². The number of nitrogens with one attached hydrogen (secondary N) is 1. The van der Waals surface area contributed by atoms with Crippen LogP contribution in [0, 0.1) is 5.92 Å². The summed E-state index contributed by atoms with van der Waals surface area (Å²) >= 11 is 0. The normalized spacial score (nSPS) is 29.1. The Morgan fingerprint density at radius 3 is 2.15 bits per heavy atom. The molecule has 0 aromatic heterocycles. The summed E-state index contributed by atoms with van der Waals surface area (Å²) in [7, 11) is 0. The van der Waals surface area contributed by atoms with E-state index in [1.54, 1.807) is 0 Å². The highest BCUT2D eigenvalue weighted by Crippen LogP contribution is 2.41. The fraction of sp³-hybridized carbons (Fsp3) is 1.00. The van der Waals surface area contributed by atoms with Crippen molar-refractivity contribution in [3.63, 3.8) is 0 Å². The molecule has 4 nitrogen and oxygen atoms in total. The molecule has 0 aromatic rings. The second-order valence-corrected chi connectivity index (χ2v) is 7.89. The van der Waals surface area contributed by atoms with E-state index in [9.17, 15) is 5.11 Å². The van der Waals surface area contributed by atoms with Crippen LogP contribution in [0.2, 0.25) is 0 Å². The van der Waals surface area contributed by atoms with Gasteiger partial charge in [0.15, 0.2) is 0 Å². The first-order chi connectivity index (χ1) is 9.22. The van der Waals surface area contributed by atoms with E-state index in [0.29, 0.717) is 5.92 Å². The van der Waals surface area contributed by atoms with Crippen molar-refractivity contribution in [2.75, 3.05) is 32.8 Å². The van der Waals surface area contributed by atoms with E-state index < -0.39 is 0 Å². The van der Waals surface area contributed by atoms with Gasteiger partial charge in [0.25, 0.3) is 0 Å². The number of nitrogens with zero attached hydrogens (tertiary/aromatic N) is 1. The molecule has 1 heterocycles. The van der Waals surface area contributed by atoms with Gasteiger partial charge >= 0.3 is 0 Å². The summed E-state index contributed by atoms with van der Waals surface area (Å²) in [5, 5.41) is 13.6. The van der Waals surface area contributed by atoms with Gasteiger partial charge in [-0.2, -0.15) is 0 Å². The lowest BCUT2D eigenvalue weighted by atomic mass is 9.90. The molecule has 1 atom stereocenters. The number of rotatable bonds is 6. The minimum Gasteiger partial charge on any atom is -0.394 e. The van der Waals surface area contributed by atoms with Gasteiger partial charge in [-0.05, 0) is 53.0 Å². The van der Waals surface area contributed by atoms with Crippen LogP contribution >= 0.6 is 0 Å². The second kappa shape index (κ2) is 5.56. The molecule has 2 aliphatic rings. The van der Waals surface area contributed by atoms with E-state index in [4.69, 9.17) is 4.74 Å². The molecule has 1 saturated heterocycles. The quantitative estimate of drug-likeness (QED) is 0.778. The first kappa shape index (κ1) is 16.2. The molecule has 0 amide bonds. The predicted molar refractivity (Wildman–Crippen MR) is 81.9 cm³/mol. The number of aliphatic hydroxyl groups excluding tert-OH is 1. The average Bonchev–Trinajstić information content (AvgIpc) is 3.07. The van der Waals surface area contributed by atoms with Crippen LogP contribution in [0.5, 0.6) is 0 Å². The van der Waals surface area contributed by atoms with Crippen molar-refractivity contribution in [3.05, 3.63) is 0 Å². The van der Waals surface area contributed by atoms with Crippen LogP contribution in [-0.4, -0.2) is 59.5 Å². The Morgan fingerprint density at radius 1 is 1.20 bits per heavy atom. The van der Waals surface area contributed by atoms with Gasteiger partial charge in [0.2, 0.25) is 0 Å². The molecule has 1 aliphatic carbocycles. The van der Waals surface area contributed by atoms with Gasteiger partial charge in [-0.25, -0.2) is 0 Å². The van der Waals surface area contributed by atoms with E-state index in [1.807, 2.05) is 0 Å². The van der Waals surface area contributed by atoms with E-state index in [1.165, 1.54) is 12.8 Å². The highest BCUT2D eigenvalue weighted by molar-refractivity contribution is 5.04. The average molecular weight is 284 g/mol. The van der Waals surface area contributed by atoms with Crippen LogP contribution < -0.4 is 5.32 Å². The smallest absolute Gasteiger partial charge is 0.0760 e. The largest absolute Gasteiger partial charge is 0.394 e. The number of hydrogen-bond acceptors (Lipinski definition) is 4. The highest BCUT2D eigenvalue weighted by atomic mass is 16.5. The van der Waals surface area contributed by atoms with Crippen molar-refractivity contribution in [1.29, 1.82) is 0 Å². The minimum absolute atomic E-state index is 0.126. The molecule has 4 heteroatoms. The summed E-state index contributed by atoms with van der Waals surface area (Å²) in [4.78, 5) is 2.47. The zero-order valence-corrected chi connectivity index (χ0v) is 13.8. The number of ether oxygens (including phenoxy) is 1. The van der Waals surface area contributed by atoms with E-state index in [2.05, 4.69) is 44.8 Å². The molecule has 1 saturated carbocycles. The van der Waals surface area contributed by atoms with Crippen molar-refractivity contribution >= 4 is 0 Å². The van der Waals surface area contributed by atoms with Gasteiger partial charge < -0.3 is 15.2 Å². The van der Waals surface area contributed by atoms with Gasteiger partial charge in [0, 0.05) is 19.6 Å². The summed E-state index contributed by atoms with van der Waals surface area (Å²) in [6.07, 6.45) is 2.48. The van der Waals surface area contributed by atoms with E-state index in [-0.39, 0.29) is 23.3 Å². The summed E-state index contributed by atoms with van der Waals surface area (Å²) in [6, 6.07) is 0. The van der Waals surface area contributed by atoms with Crippen LogP contribution in [0.4, 0.5) is 0 Å². The molecular formula is C16H32N2O2. The Kier molecular flexibility index (Phi) is 4.51. The minimum atomic E-state index is -0.127. The topological polar surface area (TPSA) is 44.7 Å². The molecule has 2 N–H and O–H groups in total. The number of morpholine rings is 1. The Bertz CT molecular complexity index is 323. The van der Waals surface area contributed by atoms with Gasteiger partial charge in [-0.15, -0.1) is 0 Å². The zero-order valence-electron chi connectivity index (χ0n) is 13.8. The highest BCUT2D eigenvalue weighted by Gasteiger charge is 2.47. The Morgan fingerprint density at radius 2 is 1.75 bits per heavy atom. The monoisotopic (exact) mass is 284 g/mol. The van der Waals surface area contributed by atoms with Crippen LogP contribution in [0.1, 0.15) is 47.5 Å².